The van der Waals surface area contributed by atoms with Crippen LogP contribution >= 0.6 is 0 Å². The average Bonchev–Trinajstić information content (AvgIpc) is 3.81. The van der Waals surface area contributed by atoms with E-state index in [1.54, 1.807) is 0 Å². The summed E-state index contributed by atoms with van der Waals surface area (Å²) in [5, 5.41) is 16.1. The monoisotopic (exact) mass is 667 g/mol. The van der Waals surface area contributed by atoms with Crippen molar-refractivity contribution < 1.29 is 29.1 Å². The smallest absolute Gasteiger partial charge is 0.326 e. The van der Waals surface area contributed by atoms with Crippen molar-refractivity contribution in [1.29, 1.82) is 0 Å². The van der Waals surface area contributed by atoms with Crippen LogP contribution in [-0.2, 0) is 30.4 Å². The molecule has 15 heteroatoms. The van der Waals surface area contributed by atoms with E-state index < -0.39 is 53.9 Å². The lowest BCUT2D eigenvalue weighted by atomic mass is 10.0. The zero-order valence-electron chi connectivity index (χ0n) is 27.7. The standard InChI is InChI=1S/C33H49N9O6/c1-19(2)16-25(31(46)42-15-7-12-27(42)28(43)39-24(32(47)48)10-5-13-37-33(35)36)40-29(44)26-11-6-14-41(26)30(45)22(34)17-20-18-38-23-9-4-3-8-21(20)23/h3-4,8-9,18-19,22,24-27,38H,5-7,10-17,34H2,1-2H3,(H,39,43)(H,40,44)(H,47,48)(H4,35,36,37)/t22-,24-,25-,26-,27-/m0/s1. The second kappa shape index (κ2) is 16.4. The first-order valence-corrected chi connectivity index (χ1v) is 16.7. The van der Waals surface area contributed by atoms with Crippen LogP contribution < -0.4 is 27.8 Å². The number of carbonyl (C=O) groups excluding carboxylic acids is 4. The van der Waals surface area contributed by atoms with E-state index in [4.69, 9.17) is 17.2 Å². The molecule has 4 amide bonds. The number of aliphatic carboxylic acids is 1. The first-order valence-electron chi connectivity index (χ1n) is 16.7. The van der Waals surface area contributed by atoms with Crippen molar-refractivity contribution in [2.45, 2.75) is 95.4 Å². The Morgan fingerprint density at radius 1 is 0.958 bits per heavy atom. The number of aromatic nitrogens is 1. The van der Waals surface area contributed by atoms with E-state index in [0.29, 0.717) is 58.0 Å². The highest BCUT2D eigenvalue weighted by molar-refractivity contribution is 5.96. The van der Waals surface area contributed by atoms with Crippen LogP contribution in [0.1, 0.15) is 64.4 Å². The summed E-state index contributed by atoms with van der Waals surface area (Å²) in [5.41, 5.74) is 18.9. The number of guanidine groups is 1. The molecule has 0 saturated carbocycles. The maximum atomic E-state index is 13.9. The number of carboxylic acid groups (broad SMARTS) is 1. The van der Waals surface area contributed by atoms with Gasteiger partial charge < -0.3 is 47.7 Å². The van der Waals surface area contributed by atoms with Gasteiger partial charge in [-0.2, -0.15) is 0 Å². The van der Waals surface area contributed by atoms with Crippen LogP contribution in [0.5, 0.6) is 0 Å². The number of aromatic amines is 1. The van der Waals surface area contributed by atoms with Gasteiger partial charge in [-0.25, -0.2) is 4.79 Å². The van der Waals surface area contributed by atoms with Gasteiger partial charge >= 0.3 is 5.97 Å². The molecule has 2 aliphatic rings. The largest absolute Gasteiger partial charge is 0.480 e. The van der Waals surface area contributed by atoms with E-state index in [-0.39, 0.29) is 30.8 Å². The molecule has 262 valence electrons. The molecule has 5 atom stereocenters. The lowest BCUT2D eigenvalue weighted by molar-refractivity contribution is -0.145. The Labute approximate surface area is 280 Å². The van der Waals surface area contributed by atoms with Crippen LogP contribution in [0.15, 0.2) is 35.5 Å². The van der Waals surface area contributed by atoms with Crippen LogP contribution in [0.4, 0.5) is 0 Å². The Kier molecular flexibility index (Phi) is 12.4. The predicted octanol–water partition coefficient (Wildman–Crippen LogP) is 0.174. The summed E-state index contributed by atoms with van der Waals surface area (Å²) >= 11 is 0. The molecule has 0 aliphatic carbocycles. The van der Waals surface area contributed by atoms with E-state index in [2.05, 4.69) is 20.6 Å². The van der Waals surface area contributed by atoms with Gasteiger partial charge in [0, 0.05) is 36.7 Å². The number of nitrogens with one attached hydrogen (secondary N) is 3. The summed E-state index contributed by atoms with van der Waals surface area (Å²) in [6, 6.07) is 3.14. The maximum Gasteiger partial charge on any atom is 0.326 e. The highest BCUT2D eigenvalue weighted by atomic mass is 16.4. The van der Waals surface area contributed by atoms with Crippen molar-refractivity contribution in [2.24, 2.45) is 28.1 Å². The van der Waals surface area contributed by atoms with E-state index in [1.807, 2.05) is 44.3 Å². The summed E-state index contributed by atoms with van der Waals surface area (Å²) in [5.74, 6) is -3.03. The van der Waals surface area contributed by atoms with Gasteiger partial charge in [-0.1, -0.05) is 32.0 Å². The number of likely N-dealkylation sites (tertiary alicyclic amines) is 2. The molecular weight excluding hydrogens is 618 g/mol. The third-order valence-electron chi connectivity index (χ3n) is 8.99. The number of carbonyl (C=O) groups is 5. The summed E-state index contributed by atoms with van der Waals surface area (Å²) in [7, 11) is 0. The quantitative estimate of drug-likeness (QED) is 0.0777. The van der Waals surface area contributed by atoms with E-state index in [1.165, 1.54) is 9.80 Å². The molecular formula is C33H49N9O6. The minimum absolute atomic E-state index is 0.0293. The Morgan fingerprint density at radius 2 is 1.56 bits per heavy atom. The third-order valence-corrected chi connectivity index (χ3v) is 8.99. The SMILES string of the molecule is CC(C)C[C@H](NC(=O)[C@@H]1CCCN1C(=O)[C@@H](N)Cc1c[nH]c2ccccc12)C(=O)N1CCC[C@H]1C(=O)N[C@@H](CCCN=C(N)N)C(=O)O. The molecule has 0 spiro atoms. The number of nitrogens with two attached hydrogens (primary N) is 3. The molecule has 2 saturated heterocycles. The van der Waals surface area contributed by atoms with Gasteiger partial charge in [0.15, 0.2) is 5.96 Å². The molecule has 2 aromatic rings. The number of nitrogens with zero attached hydrogens (tertiary/aromatic N) is 3. The number of fused-ring (bicyclic) bond motifs is 1. The first kappa shape index (κ1) is 36.2. The molecule has 2 aliphatic heterocycles. The fraction of sp³-hybridized carbons (Fsp3) is 0.576. The van der Waals surface area contributed by atoms with E-state index in [9.17, 15) is 29.1 Å². The molecule has 3 heterocycles. The van der Waals surface area contributed by atoms with Crippen LogP contribution in [0.2, 0.25) is 0 Å². The van der Waals surface area contributed by atoms with Crippen molar-refractivity contribution in [3.63, 3.8) is 0 Å². The van der Waals surface area contributed by atoms with Crippen molar-refractivity contribution in [3.05, 3.63) is 36.0 Å². The average molecular weight is 668 g/mol. The first-order chi connectivity index (χ1) is 22.9. The molecule has 0 unspecified atom stereocenters. The summed E-state index contributed by atoms with van der Waals surface area (Å²) in [4.78, 5) is 76.3. The molecule has 1 aromatic carbocycles. The second-order valence-electron chi connectivity index (χ2n) is 13.1. The minimum Gasteiger partial charge on any atom is -0.480 e. The highest BCUT2D eigenvalue weighted by Crippen LogP contribution is 2.24. The Bertz CT molecular complexity index is 1500. The topological polar surface area (TPSA) is 242 Å². The van der Waals surface area contributed by atoms with E-state index >= 15 is 0 Å². The lowest BCUT2D eigenvalue weighted by Crippen LogP contribution is -2.58. The van der Waals surface area contributed by atoms with Crippen molar-refractivity contribution in [1.82, 2.24) is 25.4 Å². The molecule has 2 fully saturated rings. The molecule has 48 heavy (non-hydrogen) atoms. The normalized spacial score (nSPS) is 19.6. The summed E-state index contributed by atoms with van der Waals surface area (Å²) in [6.45, 7) is 4.74. The number of hydrogen-bond donors (Lipinski definition) is 7. The molecule has 15 nitrogen and oxygen atoms in total. The van der Waals surface area contributed by atoms with Gasteiger partial charge in [0.25, 0.3) is 0 Å². The lowest BCUT2D eigenvalue weighted by Gasteiger charge is -2.32. The number of amides is 4. The van der Waals surface area contributed by atoms with Gasteiger partial charge in [0.1, 0.15) is 24.2 Å². The van der Waals surface area contributed by atoms with Gasteiger partial charge in [0.2, 0.25) is 23.6 Å². The summed E-state index contributed by atoms with van der Waals surface area (Å²) in [6.07, 6.45) is 4.88. The van der Waals surface area contributed by atoms with Crippen molar-refractivity contribution >= 4 is 46.5 Å². The van der Waals surface area contributed by atoms with Gasteiger partial charge in [-0.3, -0.25) is 24.2 Å². The number of H-pyrrole nitrogens is 1. The van der Waals surface area contributed by atoms with Gasteiger partial charge in [-0.15, -0.1) is 0 Å². The summed E-state index contributed by atoms with van der Waals surface area (Å²) < 4.78 is 0. The van der Waals surface area contributed by atoms with Gasteiger partial charge in [0.05, 0.1) is 6.04 Å². The number of para-hydroxylation sites is 1. The zero-order chi connectivity index (χ0) is 35.0. The van der Waals surface area contributed by atoms with Crippen LogP contribution in [-0.4, -0.2) is 105 Å². The highest BCUT2D eigenvalue weighted by Gasteiger charge is 2.41. The Balaban J connectivity index is 1.40. The predicted molar refractivity (Wildman–Crippen MR) is 180 cm³/mol. The van der Waals surface area contributed by atoms with Crippen LogP contribution in [0, 0.1) is 5.92 Å². The van der Waals surface area contributed by atoms with Crippen LogP contribution in [0.25, 0.3) is 10.9 Å². The fourth-order valence-corrected chi connectivity index (χ4v) is 6.63. The zero-order valence-corrected chi connectivity index (χ0v) is 27.7. The minimum atomic E-state index is -1.20. The maximum absolute atomic E-state index is 13.9. The second-order valence-corrected chi connectivity index (χ2v) is 13.1. The Morgan fingerprint density at radius 3 is 2.17 bits per heavy atom. The number of rotatable bonds is 15. The number of benzene rings is 1. The number of aliphatic imine (C=N–C) groups is 1. The molecule has 0 bridgehead atoms. The fourth-order valence-electron chi connectivity index (χ4n) is 6.63. The van der Waals surface area contributed by atoms with Crippen molar-refractivity contribution in [3.8, 4) is 0 Å². The van der Waals surface area contributed by atoms with E-state index in [0.717, 1.165) is 16.5 Å². The van der Waals surface area contributed by atoms with Crippen LogP contribution in [0.3, 0.4) is 0 Å². The Hall–Kier alpha value is -4.66. The number of hydrogen-bond acceptors (Lipinski definition) is 7. The molecule has 0 radical (unpaired) electrons. The number of carboxylic acids is 1. The van der Waals surface area contributed by atoms with Crippen molar-refractivity contribution in [2.75, 3.05) is 19.6 Å². The molecule has 1 aromatic heterocycles. The molecule has 10 N–H and O–H groups in total. The third kappa shape index (κ3) is 9.02. The molecule has 4 rings (SSSR count). The van der Waals surface area contributed by atoms with Gasteiger partial charge in [-0.05, 0) is 68.9 Å².